The third kappa shape index (κ3) is 4.14. The molecule has 1 atom stereocenters. The molecule has 4 heteroatoms. The van der Waals surface area contributed by atoms with E-state index in [1.54, 1.807) is 29.2 Å². The first-order valence-electron chi connectivity index (χ1n) is 5.16. The molecular formula is C12H15BrClNO. The molecule has 0 saturated carbocycles. The molecule has 0 N–H and O–H groups in total. The summed E-state index contributed by atoms with van der Waals surface area (Å²) < 4.78 is 0. The van der Waals surface area contributed by atoms with Crippen LogP contribution in [-0.2, 0) is 0 Å². The molecule has 0 spiro atoms. The molecular weight excluding hydrogens is 289 g/mol. The van der Waals surface area contributed by atoms with E-state index in [4.69, 9.17) is 11.6 Å². The van der Waals surface area contributed by atoms with Crippen LogP contribution in [0.3, 0.4) is 0 Å². The van der Waals surface area contributed by atoms with Gasteiger partial charge in [-0.05, 0) is 30.7 Å². The van der Waals surface area contributed by atoms with Gasteiger partial charge >= 0.3 is 0 Å². The Morgan fingerprint density at radius 1 is 1.44 bits per heavy atom. The summed E-state index contributed by atoms with van der Waals surface area (Å²) in [5.41, 5.74) is 0.675. The van der Waals surface area contributed by atoms with Crippen molar-refractivity contribution in [3.63, 3.8) is 0 Å². The van der Waals surface area contributed by atoms with E-state index in [1.807, 2.05) is 7.05 Å². The number of carbonyl (C=O) groups is 1. The molecule has 0 bridgehead atoms. The second kappa shape index (κ2) is 6.26. The largest absolute Gasteiger partial charge is 0.342 e. The van der Waals surface area contributed by atoms with Gasteiger partial charge in [0.15, 0.2) is 0 Å². The van der Waals surface area contributed by atoms with Crippen molar-refractivity contribution in [3.05, 3.63) is 34.9 Å². The van der Waals surface area contributed by atoms with E-state index in [9.17, 15) is 4.79 Å². The van der Waals surface area contributed by atoms with Crippen molar-refractivity contribution in [3.8, 4) is 0 Å². The lowest BCUT2D eigenvalue weighted by molar-refractivity contribution is 0.0794. The first-order chi connectivity index (χ1) is 7.50. The molecule has 2 nitrogen and oxygen atoms in total. The van der Waals surface area contributed by atoms with Crippen molar-refractivity contribution in [1.82, 2.24) is 4.90 Å². The summed E-state index contributed by atoms with van der Waals surface area (Å²) in [6.45, 7) is 2.81. The first-order valence-corrected chi connectivity index (χ1v) is 6.45. The molecule has 0 radical (unpaired) electrons. The summed E-state index contributed by atoms with van der Waals surface area (Å²) in [5, 5.41) is 0.647. The van der Waals surface area contributed by atoms with Crippen LogP contribution >= 0.6 is 27.5 Å². The van der Waals surface area contributed by atoms with E-state index >= 15 is 0 Å². The van der Waals surface area contributed by atoms with Gasteiger partial charge in [-0.15, -0.1) is 0 Å². The number of halogens is 2. The number of hydrogen-bond acceptors (Lipinski definition) is 1. The van der Waals surface area contributed by atoms with Crippen LogP contribution in [0, 0.1) is 0 Å². The fourth-order valence-corrected chi connectivity index (χ4v) is 1.62. The van der Waals surface area contributed by atoms with Gasteiger partial charge in [0.25, 0.3) is 5.91 Å². The zero-order valence-corrected chi connectivity index (χ0v) is 11.8. The minimum atomic E-state index is 0.0322. The Bertz CT molecular complexity index is 351. The van der Waals surface area contributed by atoms with Crippen molar-refractivity contribution in [2.75, 3.05) is 13.6 Å². The molecule has 1 rings (SSSR count). The zero-order chi connectivity index (χ0) is 12.1. The number of alkyl halides is 1. The van der Waals surface area contributed by atoms with E-state index in [0.29, 0.717) is 15.4 Å². The zero-order valence-electron chi connectivity index (χ0n) is 9.41. The van der Waals surface area contributed by atoms with Gasteiger partial charge in [0.05, 0.1) is 0 Å². The van der Waals surface area contributed by atoms with Crippen LogP contribution in [0.15, 0.2) is 24.3 Å². The summed E-state index contributed by atoms with van der Waals surface area (Å²) in [6, 6.07) is 6.96. The quantitative estimate of drug-likeness (QED) is 0.779. The van der Waals surface area contributed by atoms with Gasteiger partial charge in [0.2, 0.25) is 0 Å². The van der Waals surface area contributed by atoms with Crippen molar-refractivity contribution in [2.24, 2.45) is 0 Å². The van der Waals surface area contributed by atoms with E-state index in [2.05, 4.69) is 22.9 Å². The summed E-state index contributed by atoms with van der Waals surface area (Å²) in [7, 11) is 1.81. The van der Waals surface area contributed by atoms with Crippen LogP contribution in [0.4, 0.5) is 0 Å². The lowest BCUT2D eigenvalue weighted by Gasteiger charge is -2.17. The van der Waals surface area contributed by atoms with Crippen molar-refractivity contribution in [1.29, 1.82) is 0 Å². The van der Waals surface area contributed by atoms with Gasteiger partial charge < -0.3 is 4.90 Å². The van der Waals surface area contributed by atoms with Crippen LogP contribution in [0.25, 0.3) is 0 Å². The Morgan fingerprint density at radius 2 is 2.00 bits per heavy atom. The second-order valence-electron chi connectivity index (χ2n) is 3.80. The number of carbonyl (C=O) groups excluding carboxylic acids is 1. The minimum absolute atomic E-state index is 0.0322. The molecule has 1 amide bonds. The summed E-state index contributed by atoms with van der Waals surface area (Å²) in [4.78, 5) is 14.1. The molecule has 1 aromatic carbocycles. The number of benzene rings is 1. The average molecular weight is 305 g/mol. The Balaban J connectivity index is 2.60. The van der Waals surface area contributed by atoms with E-state index < -0.39 is 0 Å². The fourth-order valence-electron chi connectivity index (χ4n) is 1.29. The third-order valence-corrected chi connectivity index (χ3v) is 3.01. The molecule has 0 saturated heterocycles. The molecule has 0 fully saturated rings. The second-order valence-corrected chi connectivity index (χ2v) is 5.80. The van der Waals surface area contributed by atoms with Crippen LogP contribution < -0.4 is 0 Å². The Morgan fingerprint density at radius 3 is 2.50 bits per heavy atom. The smallest absolute Gasteiger partial charge is 0.253 e. The third-order valence-electron chi connectivity index (χ3n) is 2.30. The highest BCUT2D eigenvalue weighted by atomic mass is 79.9. The predicted molar refractivity (Wildman–Crippen MR) is 71.4 cm³/mol. The molecule has 16 heavy (non-hydrogen) atoms. The fraction of sp³-hybridized carbons (Fsp3) is 0.417. The van der Waals surface area contributed by atoms with E-state index in [-0.39, 0.29) is 5.91 Å². The lowest BCUT2D eigenvalue weighted by atomic mass is 10.2. The van der Waals surface area contributed by atoms with Crippen LogP contribution in [0.2, 0.25) is 5.02 Å². The molecule has 0 aliphatic carbocycles. The molecule has 0 aromatic heterocycles. The maximum Gasteiger partial charge on any atom is 0.253 e. The molecule has 0 heterocycles. The predicted octanol–water partition coefficient (Wildman–Crippen LogP) is 3.59. The monoisotopic (exact) mass is 303 g/mol. The Hall–Kier alpha value is -0.540. The lowest BCUT2D eigenvalue weighted by Crippen LogP contribution is -2.28. The molecule has 1 aromatic rings. The highest BCUT2D eigenvalue weighted by Crippen LogP contribution is 2.12. The summed E-state index contributed by atoms with van der Waals surface area (Å²) >= 11 is 9.23. The molecule has 1 unspecified atom stereocenters. The van der Waals surface area contributed by atoms with Gasteiger partial charge in [0.1, 0.15) is 0 Å². The van der Waals surface area contributed by atoms with Gasteiger partial charge in [0, 0.05) is 29.0 Å². The molecule has 0 aliphatic heterocycles. The highest BCUT2D eigenvalue weighted by molar-refractivity contribution is 9.09. The highest BCUT2D eigenvalue weighted by Gasteiger charge is 2.11. The van der Waals surface area contributed by atoms with Crippen molar-refractivity contribution in [2.45, 2.75) is 18.2 Å². The summed E-state index contributed by atoms with van der Waals surface area (Å²) in [5.74, 6) is 0.0322. The van der Waals surface area contributed by atoms with E-state index in [0.717, 1.165) is 13.0 Å². The Labute approximate surface area is 110 Å². The summed E-state index contributed by atoms with van der Waals surface area (Å²) in [6.07, 6.45) is 0.940. The van der Waals surface area contributed by atoms with Crippen LogP contribution in [-0.4, -0.2) is 29.2 Å². The average Bonchev–Trinajstić information content (AvgIpc) is 2.26. The minimum Gasteiger partial charge on any atom is -0.342 e. The maximum atomic E-state index is 11.9. The normalized spacial score (nSPS) is 12.2. The van der Waals surface area contributed by atoms with Gasteiger partial charge in [-0.2, -0.15) is 0 Å². The van der Waals surface area contributed by atoms with Gasteiger partial charge in [-0.25, -0.2) is 0 Å². The van der Waals surface area contributed by atoms with Crippen molar-refractivity contribution >= 4 is 33.4 Å². The first kappa shape index (κ1) is 13.5. The van der Waals surface area contributed by atoms with Gasteiger partial charge in [-0.3, -0.25) is 4.79 Å². The number of nitrogens with zero attached hydrogens (tertiary/aromatic N) is 1. The van der Waals surface area contributed by atoms with Crippen LogP contribution in [0.1, 0.15) is 23.7 Å². The van der Waals surface area contributed by atoms with Crippen molar-refractivity contribution < 1.29 is 4.79 Å². The SMILES string of the molecule is CC(Br)CCN(C)C(=O)c1ccc(Cl)cc1. The Kier molecular flexibility index (Phi) is 5.29. The maximum absolute atomic E-state index is 11.9. The number of rotatable bonds is 4. The topological polar surface area (TPSA) is 20.3 Å². The van der Waals surface area contributed by atoms with Crippen LogP contribution in [0.5, 0.6) is 0 Å². The number of hydrogen-bond donors (Lipinski definition) is 0. The van der Waals surface area contributed by atoms with Gasteiger partial charge in [-0.1, -0.05) is 34.5 Å². The molecule has 0 aliphatic rings. The standard InChI is InChI=1S/C12H15BrClNO/c1-9(13)7-8-15(2)12(16)10-3-5-11(14)6-4-10/h3-6,9H,7-8H2,1-2H3. The van der Waals surface area contributed by atoms with E-state index in [1.165, 1.54) is 0 Å². The number of amides is 1. The molecule has 88 valence electrons.